The van der Waals surface area contributed by atoms with Gasteiger partial charge in [0.25, 0.3) is 5.91 Å². The summed E-state index contributed by atoms with van der Waals surface area (Å²) in [6.45, 7) is 5.14. The molecule has 4 aromatic rings. The fraction of sp³-hybridized carbons (Fsp3) is 0.192. The maximum absolute atomic E-state index is 12.7. The maximum atomic E-state index is 12.7. The van der Waals surface area contributed by atoms with E-state index in [-0.39, 0.29) is 5.91 Å². The van der Waals surface area contributed by atoms with Gasteiger partial charge in [-0.25, -0.2) is 0 Å². The molecule has 5 heteroatoms. The van der Waals surface area contributed by atoms with Crippen molar-refractivity contribution in [2.24, 2.45) is 0 Å². The monoisotopic (exact) mass is 411 g/mol. The molecule has 2 N–H and O–H groups in total. The first-order valence-electron chi connectivity index (χ1n) is 10.7. The van der Waals surface area contributed by atoms with Crippen molar-refractivity contribution in [1.82, 2.24) is 10.2 Å². The van der Waals surface area contributed by atoms with Gasteiger partial charge in [0.1, 0.15) is 11.3 Å². The summed E-state index contributed by atoms with van der Waals surface area (Å²) in [6, 6.07) is 25.4. The lowest BCUT2D eigenvalue weighted by Gasteiger charge is -2.27. The molecule has 0 spiro atoms. The molecule has 31 heavy (non-hydrogen) atoms. The van der Waals surface area contributed by atoms with Crippen molar-refractivity contribution in [3.8, 4) is 11.3 Å². The van der Waals surface area contributed by atoms with Gasteiger partial charge >= 0.3 is 0 Å². The van der Waals surface area contributed by atoms with Crippen LogP contribution in [0.5, 0.6) is 0 Å². The van der Waals surface area contributed by atoms with Crippen molar-refractivity contribution in [2.75, 3.05) is 31.5 Å². The Morgan fingerprint density at radius 3 is 2.55 bits per heavy atom. The molecule has 1 aromatic heterocycles. The van der Waals surface area contributed by atoms with Gasteiger partial charge in [-0.15, -0.1) is 0 Å². The molecule has 5 rings (SSSR count). The number of carbonyl (C=O) groups excluding carboxylic acids is 1. The number of nitrogens with zero attached hydrogens (tertiary/aromatic N) is 1. The van der Waals surface area contributed by atoms with E-state index in [9.17, 15) is 4.79 Å². The molecular formula is C26H25N3O2. The van der Waals surface area contributed by atoms with Crippen molar-refractivity contribution >= 4 is 22.6 Å². The van der Waals surface area contributed by atoms with E-state index in [2.05, 4.69) is 33.7 Å². The third-order valence-electron chi connectivity index (χ3n) is 5.68. The van der Waals surface area contributed by atoms with Gasteiger partial charge in [-0.05, 0) is 42.0 Å². The predicted octanol–water partition coefficient (Wildman–Crippen LogP) is 4.76. The lowest BCUT2D eigenvalue weighted by atomic mass is 10.1. The van der Waals surface area contributed by atoms with Crippen molar-refractivity contribution < 1.29 is 9.21 Å². The van der Waals surface area contributed by atoms with Crippen LogP contribution in [0.4, 0.5) is 5.69 Å². The summed E-state index contributed by atoms with van der Waals surface area (Å²) in [5.41, 5.74) is 4.34. The number of carbonyl (C=O) groups is 1. The smallest absolute Gasteiger partial charge is 0.255 e. The van der Waals surface area contributed by atoms with Gasteiger partial charge in [0.05, 0.1) is 5.69 Å². The Morgan fingerprint density at radius 1 is 0.935 bits per heavy atom. The molecule has 1 fully saturated rings. The van der Waals surface area contributed by atoms with Crippen molar-refractivity contribution in [3.05, 3.63) is 90.0 Å². The first-order valence-corrected chi connectivity index (χ1v) is 10.7. The zero-order valence-electron chi connectivity index (χ0n) is 17.3. The van der Waals surface area contributed by atoms with Crippen LogP contribution in [0, 0.1) is 0 Å². The molecule has 1 saturated heterocycles. The highest BCUT2D eigenvalue weighted by Gasteiger charge is 2.15. The Bertz CT molecular complexity index is 1190. The fourth-order valence-corrected chi connectivity index (χ4v) is 4.03. The number of furan rings is 1. The first-order chi connectivity index (χ1) is 15.3. The highest BCUT2D eigenvalue weighted by atomic mass is 16.3. The van der Waals surface area contributed by atoms with Crippen LogP contribution in [0.1, 0.15) is 15.9 Å². The molecule has 5 nitrogen and oxygen atoms in total. The minimum absolute atomic E-state index is 0.137. The number of anilines is 1. The summed E-state index contributed by atoms with van der Waals surface area (Å²) < 4.78 is 6.23. The van der Waals surface area contributed by atoms with Gasteiger partial charge in [-0.2, -0.15) is 0 Å². The number of rotatable bonds is 5. The van der Waals surface area contributed by atoms with Crippen LogP contribution in [0.15, 0.2) is 83.3 Å². The van der Waals surface area contributed by atoms with Crippen LogP contribution < -0.4 is 10.6 Å². The molecule has 0 saturated carbocycles. The van der Waals surface area contributed by atoms with Gasteiger partial charge in [-0.1, -0.05) is 42.5 Å². The van der Waals surface area contributed by atoms with Crippen LogP contribution in [0.25, 0.3) is 22.3 Å². The molecule has 3 aromatic carbocycles. The van der Waals surface area contributed by atoms with Crippen LogP contribution in [-0.4, -0.2) is 37.0 Å². The molecule has 1 aliphatic heterocycles. The number of nitrogens with one attached hydrogen (secondary N) is 2. The second kappa shape index (κ2) is 8.76. The third kappa shape index (κ3) is 4.38. The molecule has 0 aliphatic carbocycles. The van der Waals surface area contributed by atoms with E-state index in [1.165, 1.54) is 5.56 Å². The molecule has 0 bridgehead atoms. The third-order valence-corrected chi connectivity index (χ3v) is 5.68. The second-order valence-electron chi connectivity index (χ2n) is 7.87. The number of hydrogen-bond donors (Lipinski definition) is 2. The lowest BCUT2D eigenvalue weighted by molar-refractivity contribution is 0.102. The Kier molecular flexibility index (Phi) is 5.52. The number of hydrogen-bond acceptors (Lipinski definition) is 4. The molecule has 0 radical (unpaired) electrons. The zero-order valence-corrected chi connectivity index (χ0v) is 17.3. The minimum atomic E-state index is -0.137. The van der Waals surface area contributed by atoms with Crippen LogP contribution >= 0.6 is 0 Å². The standard InChI is InChI=1S/C26H25N3O2/c30-26(20-6-2-1-3-7-20)28-23-9-5-4-8-22(23)25-17-21-11-10-19(16-24(21)31-25)18-29-14-12-27-13-15-29/h1-11,16-17,27H,12-15,18H2,(H,28,30). The summed E-state index contributed by atoms with van der Waals surface area (Å²) in [6.07, 6.45) is 0. The fourth-order valence-electron chi connectivity index (χ4n) is 4.03. The van der Waals surface area contributed by atoms with E-state index in [1.54, 1.807) is 12.1 Å². The summed E-state index contributed by atoms with van der Waals surface area (Å²) in [4.78, 5) is 15.1. The zero-order chi connectivity index (χ0) is 21.0. The topological polar surface area (TPSA) is 57.5 Å². The van der Waals surface area contributed by atoms with Crippen molar-refractivity contribution in [3.63, 3.8) is 0 Å². The van der Waals surface area contributed by atoms with Gasteiger partial charge in [0.2, 0.25) is 0 Å². The first kappa shape index (κ1) is 19.5. The van der Waals surface area contributed by atoms with E-state index in [0.29, 0.717) is 5.56 Å². The number of piperazine rings is 1. The lowest BCUT2D eigenvalue weighted by Crippen LogP contribution is -2.42. The highest BCUT2D eigenvalue weighted by Crippen LogP contribution is 2.33. The summed E-state index contributed by atoms with van der Waals surface area (Å²) in [5.74, 6) is 0.612. The van der Waals surface area contributed by atoms with E-state index >= 15 is 0 Å². The normalized spacial score (nSPS) is 14.6. The van der Waals surface area contributed by atoms with Gasteiger partial charge in [-0.3, -0.25) is 9.69 Å². The van der Waals surface area contributed by atoms with Gasteiger partial charge in [0.15, 0.2) is 0 Å². The number of fused-ring (bicyclic) bond motifs is 1. The van der Waals surface area contributed by atoms with E-state index in [1.807, 2.05) is 48.5 Å². The molecular weight excluding hydrogens is 386 g/mol. The minimum Gasteiger partial charge on any atom is -0.456 e. The highest BCUT2D eigenvalue weighted by molar-refractivity contribution is 6.06. The number of benzene rings is 3. The maximum Gasteiger partial charge on any atom is 0.255 e. The summed E-state index contributed by atoms with van der Waals surface area (Å²) >= 11 is 0. The van der Waals surface area contributed by atoms with E-state index < -0.39 is 0 Å². The molecule has 0 atom stereocenters. The van der Waals surface area contributed by atoms with Crippen molar-refractivity contribution in [1.29, 1.82) is 0 Å². The van der Waals surface area contributed by atoms with Crippen LogP contribution in [0.2, 0.25) is 0 Å². The van der Waals surface area contributed by atoms with Crippen LogP contribution in [-0.2, 0) is 6.54 Å². The SMILES string of the molecule is O=C(Nc1ccccc1-c1cc2ccc(CN3CCNCC3)cc2o1)c1ccccc1. The summed E-state index contributed by atoms with van der Waals surface area (Å²) in [7, 11) is 0. The quantitative estimate of drug-likeness (QED) is 0.497. The largest absolute Gasteiger partial charge is 0.456 e. The molecule has 156 valence electrons. The Hall–Kier alpha value is -3.41. The van der Waals surface area contributed by atoms with Gasteiger partial charge < -0.3 is 15.1 Å². The predicted molar refractivity (Wildman–Crippen MR) is 124 cm³/mol. The Balaban J connectivity index is 1.41. The van der Waals surface area contributed by atoms with Crippen LogP contribution in [0.3, 0.4) is 0 Å². The Morgan fingerprint density at radius 2 is 1.71 bits per heavy atom. The van der Waals surface area contributed by atoms with Gasteiger partial charge in [0, 0.05) is 49.2 Å². The average molecular weight is 412 g/mol. The molecule has 2 heterocycles. The van der Waals surface area contributed by atoms with E-state index in [4.69, 9.17) is 4.42 Å². The second-order valence-corrected chi connectivity index (χ2v) is 7.87. The number of amides is 1. The van der Waals surface area contributed by atoms with Crippen molar-refractivity contribution in [2.45, 2.75) is 6.54 Å². The molecule has 1 amide bonds. The molecule has 1 aliphatic rings. The van der Waals surface area contributed by atoms with E-state index in [0.717, 1.165) is 60.7 Å². The summed E-state index contributed by atoms with van der Waals surface area (Å²) in [5, 5.41) is 7.47. The average Bonchev–Trinajstić information content (AvgIpc) is 3.24. The molecule has 0 unspecified atom stereocenters. The Labute approximate surface area is 181 Å². The number of para-hydroxylation sites is 1.